The predicted octanol–water partition coefficient (Wildman–Crippen LogP) is 3.54. The molecule has 0 fully saturated rings. The van der Waals surface area contributed by atoms with Crippen molar-refractivity contribution >= 4 is 12.6 Å². The number of hydrogen-bond donors (Lipinski definition) is 2. The molecule has 0 radical (unpaired) electrons. The molecule has 0 amide bonds. The molecule has 0 saturated heterocycles. The van der Waals surface area contributed by atoms with Crippen molar-refractivity contribution in [1.82, 2.24) is 0 Å². The molecule has 0 aromatic rings. The summed E-state index contributed by atoms with van der Waals surface area (Å²) in [6.07, 6.45) is 9.64. The summed E-state index contributed by atoms with van der Waals surface area (Å²) in [4.78, 5) is 0. The maximum atomic E-state index is 9.52. The minimum Gasteiger partial charge on any atom is -0.393 e. The second-order valence-corrected chi connectivity index (χ2v) is 3.76. The first-order valence-corrected chi connectivity index (χ1v) is 5.80. The molecule has 0 rings (SSSR count). The van der Waals surface area contributed by atoms with Crippen molar-refractivity contribution in [2.24, 2.45) is 0 Å². The van der Waals surface area contributed by atoms with Gasteiger partial charge in [-0.2, -0.15) is 12.6 Å². The molecule has 0 aromatic heterocycles. The number of unbranched alkanes of at least 4 members (excludes halogenated alkanes) is 3. The van der Waals surface area contributed by atoms with Crippen molar-refractivity contribution < 1.29 is 5.11 Å². The van der Waals surface area contributed by atoms with Gasteiger partial charge in [0.2, 0.25) is 0 Å². The maximum absolute atomic E-state index is 9.52. The van der Waals surface area contributed by atoms with Gasteiger partial charge in [-0.25, -0.2) is 0 Å². The first-order chi connectivity index (χ1) is 6.31. The lowest BCUT2D eigenvalue weighted by molar-refractivity contribution is 0.152. The topological polar surface area (TPSA) is 20.2 Å². The zero-order valence-corrected chi connectivity index (χ0v) is 9.47. The summed E-state index contributed by atoms with van der Waals surface area (Å²) >= 11 is 3.96. The van der Waals surface area contributed by atoms with E-state index < -0.39 is 0 Å². The van der Waals surface area contributed by atoms with Gasteiger partial charge in [0.15, 0.2) is 0 Å². The van der Waals surface area contributed by atoms with Crippen LogP contribution in [0.2, 0.25) is 0 Å². The first kappa shape index (κ1) is 13.1. The van der Waals surface area contributed by atoms with Crippen LogP contribution < -0.4 is 0 Å². The van der Waals surface area contributed by atoms with Crippen LogP contribution in [0.15, 0.2) is 11.5 Å². The van der Waals surface area contributed by atoms with Gasteiger partial charge in [0.05, 0.1) is 6.10 Å². The van der Waals surface area contributed by atoms with E-state index >= 15 is 0 Å². The third kappa shape index (κ3) is 9.97. The highest BCUT2D eigenvalue weighted by atomic mass is 32.1. The van der Waals surface area contributed by atoms with Gasteiger partial charge in [-0.3, -0.25) is 0 Å². The molecule has 1 nitrogen and oxygen atoms in total. The van der Waals surface area contributed by atoms with Gasteiger partial charge < -0.3 is 5.11 Å². The van der Waals surface area contributed by atoms with E-state index in [4.69, 9.17) is 0 Å². The highest BCUT2D eigenvalue weighted by Crippen LogP contribution is 2.09. The summed E-state index contributed by atoms with van der Waals surface area (Å²) in [7, 11) is 0. The van der Waals surface area contributed by atoms with E-state index in [0.29, 0.717) is 0 Å². The molecule has 78 valence electrons. The van der Waals surface area contributed by atoms with Gasteiger partial charge in [0, 0.05) is 0 Å². The zero-order chi connectivity index (χ0) is 9.94. The quantitative estimate of drug-likeness (QED) is 0.455. The largest absolute Gasteiger partial charge is 0.393 e. The molecule has 0 heterocycles. The number of rotatable bonds is 8. The van der Waals surface area contributed by atoms with Gasteiger partial charge in [0.25, 0.3) is 0 Å². The highest BCUT2D eigenvalue weighted by Gasteiger charge is 2.01. The minimum absolute atomic E-state index is 0.110. The smallest absolute Gasteiger partial charge is 0.0543 e. The Morgan fingerprint density at radius 3 is 2.62 bits per heavy atom. The Hall–Kier alpha value is 0.0500. The first-order valence-electron chi connectivity index (χ1n) is 5.28. The van der Waals surface area contributed by atoms with Crippen molar-refractivity contribution in [3.8, 4) is 0 Å². The summed E-state index contributed by atoms with van der Waals surface area (Å²) in [5.74, 6) is 0. The Bertz CT molecular complexity index is 123. The number of aliphatic hydroxyl groups excluding tert-OH is 1. The molecule has 0 aromatic carbocycles. The second-order valence-electron chi connectivity index (χ2n) is 3.47. The Morgan fingerprint density at radius 1 is 1.23 bits per heavy atom. The molecule has 2 heteroatoms. The SMILES string of the molecule is CCCCCCC(O)CC/C=C/S. The van der Waals surface area contributed by atoms with Crippen LogP contribution in [0.3, 0.4) is 0 Å². The molecule has 13 heavy (non-hydrogen) atoms. The van der Waals surface area contributed by atoms with Gasteiger partial charge in [0.1, 0.15) is 0 Å². The van der Waals surface area contributed by atoms with Crippen molar-refractivity contribution in [2.45, 2.75) is 58.0 Å². The van der Waals surface area contributed by atoms with E-state index in [2.05, 4.69) is 19.6 Å². The fourth-order valence-corrected chi connectivity index (χ4v) is 1.46. The maximum Gasteiger partial charge on any atom is 0.0543 e. The van der Waals surface area contributed by atoms with Crippen LogP contribution in [0.4, 0.5) is 0 Å². The molecule has 0 aliphatic carbocycles. The van der Waals surface area contributed by atoms with Crippen LogP contribution >= 0.6 is 12.6 Å². The molecule has 1 atom stereocenters. The van der Waals surface area contributed by atoms with E-state index in [1.807, 2.05) is 6.08 Å². The van der Waals surface area contributed by atoms with E-state index in [1.54, 1.807) is 5.41 Å². The highest BCUT2D eigenvalue weighted by molar-refractivity contribution is 7.83. The summed E-state index contributed by atoms with van der Waals surface area (Å²) in [6.45, 7) is 2.20. The van der Waals surface area contributed by atoms with Crippen LogP contribution in [-0.4, -0.2) is 11.2 Å². The third-order valence-electron chi connectivity index (χ3n) is 2.16. The second kappa shape index (κ2) is 10.1. The average molecular weight is 202 g/mol. The van der Waals surface area contributed by atoms with E-state index in [1.165, 1.54) is 25.7 Å². The van der Waals surface area contributed by atoms with E-state index in [0.717, 1.165) is 19.3 Å². The lowest BCUT2D eigenvalue weighted by atomic mass is 10.1. The predicted molar refractivity (Wildman–Crippen MR) is 62.1 cm³/mol. The normalized spacial score (nSPS) is 13.8. The fourth-order valence-electron chi connectivity index (χ4n) is 1.31. The molecular formula is C11H22OS. The molecule has 0 aliphatic heterocycles. The molecule has 0 aliphatic rings. The molecule has 1 unspecified atom stereocenters. The van der Waals surface area contributed by atoms with Gasteiger partial charge in [-0.15, -0.1) is 0 Å². The lowest BCUT2D eigenvalue weighted by Gasteiger charge is -2.07. The average Bonchev–Trinajstić information content (AvgIpc) is 2.13. The third-order valence-corrected chi connectivity index (χ3v) is 2.37. The van der Waals surface area contributed by atoms with Gasteiger partial charge >= 0.3 is 0 Å². The minimum atomic E-state index is -0.110. The summed E-state index contributed by atoms with van der Waals surface area (Å²) in [6, 6.07) is 0. The van der Waals surface area contributed by atoms with Crippen molar-refractivity contribution in [1.29, 1.82) is 0 Å². The fraction of sp³-hybridized carbons (Fsp3) is 0.818. The Balaban J connectivity index is 3.14. The van der Waals surface area contributed by atoms with Crippen molar-refractivity contribution in [3.63, 3.8) is 0 Å². The summed E-state index contributed by atoms with van der Waals surface area (Å²) in [5, 5.41) is 11.3. The van der Waals surface area contributed by atoms with Crippen molar-refractivity contribution in [2.75, 3.05) is 0 Å². The monoisotopic (exact) mass is 202 g/mol. The van der Waals surface area contributed by atoms with E-state index in [-0.39, 0.29) is 6.10 Å². The van der Waals surface area contributed by atoms with Crippen LogP contribution in [0.25, 0.3) is 0 Å². The number of hydrogen-bond acceptors (Lipinski definition) is 2. The molecular weight excluding hydrogens is 180 g/mol. The zero-order valence-electron chi connectivity index (χ0n) is 8.58. The lowest BCUT2D eigenvalue weighted by Crippen LogP contribution is -2.05. The van der Waals surface area contributed by atoms with Gasteiger partial charge in [-0.1, -0.05) is 38.7 Å². The Morgan fingerprint density at radius 2 is 2.00 bits per heavy atom. The molecule has 0 bridgehead atoms. The summed E-state index contributed by atoms with van der Waals surface area (Å²) < 4.78 is 0. The van der Waals surface area contributed by atoms with Gasteiger partial charge in [-0.05, 0) is 24.7 Å². The molecule has 0 spiro atoms. The Kier molecular flexibility index (Phi) is 10.2. The van der Waals surface area contributed by atoms with Crippen LogP contribution in [0.5, 0.6) is 0 Å². The molecule has 1 N–H and O–H groups in total. The van der Waals surface area contributed by atoms with E-state index in [9.17, 15) is 5.11 Å². The van der Waals surface area contributed by atoms with Crippen molar-refractivity contribution in [3.05, 3.63) is 11.5 Å². The Labute approximate surface area is 87.6 Å². The van der Waals surface area contributed by atoms with Crippen LogP contribution in [-0.2, 0) is 0 Å². The number of aliphatic hydroxyl groups is 1. The standard InChI is InChI=1S/C11H22OS/c1-2-3-4-5-8-11(12)9-6-7-10-13/h7,10-13H,2-6,8-9H2,1H3/b10-7+. The van der Waals surface area contributed by atoms with Crippen LogP contribution in [0.1, 0.15) is 51.9 Å². The summed E-state index contributed by atoms with van der Waals surface area (Å²) in [5.41, 5.74) is 0. The number of allylic oxidation sites excluding steroid dienone is 1. The molecule has 0 saturated carbocycles. The van der Waals surface area contributed by atoms with Crippen LogP contribution in [0, 0.1) is 0 Å². The number of thiol groups is 1.